The third-order valence-electron chi connectivity index (χ3n) is 5.88. The van der Waals surface area contributed by atoms with E-state index in [0.29, 0.717) is 30.9 Å². The predicted molar refractivity (Wildman–Crippen MR) is 112 cm³/mol. The van der Waals surface area contributed by atoms with Gasteiger partial charge in [-0.3, -0.25) is 19.3 Å². The van der Waals surface area contributed by atoms with Crippen LogP contribution in [0.3, 0.4) is 0 Å². The Morgan fingerprint density at radius 1 is 1.13 bits per heavy atom. The van der Waals surface area contributed by atoms with Crippen molar-refractivity contribution in [1.29, 1.82) is 0 Å². The third kappa shape index (κ3) is 4.65. The van der Waals surface area contributed by atoms with Gasteiger partial charge in [-0.15, -0.1) is 0 Å². The summed E-state index contributed by atoms with van der Waals surface area (Å²) >= 11 is 0. The summed E-state index contributed by atoms with van der Waals surface area (Å²) in [5.74, 6) is -1.00. The van der Waals surface area contributed by atoms with Crippen LogP contribution in [0.4, 0.5) is 10.5 Å². The molecule has 1 N–H and O–H groups in total. The number of nitrogens with zero attached hydrogens (tertiary/aromatic N) is 2. The molecule has 4 amide bonds. The molecule has 0 bridgehead atoms. The normalized spacial score (nSPS) is 18.8. The summed E-state index contributed by atoms with van der Waals surface area (Å²) in [7, 11) is 1.60. The average Bonchev–Trinajstić information content (AvgIpc) is 2.92. The second kappa shape index (κ2) is 9.36. The van der Waals surface area contributed by atoms with Gasteiger partial charge in [0.25, 0.3) is 11.8 Å². The Bertz CT molecular complexity index is 847. The Morgan fingerprint density at radius 3 is 2.39 bits per heavy atom. The number of hydrogen-bond acceptors (Lipinski definition) is 6. The Morgan fingerprint density at radius 2 is 1.77 bits per heavy atom. The molecule has 1 aromatic carbocycles. The van der Waals surface area contributed by atoms with Gasteiger partial charge in [0.05, 0.1) is 6.61 Å². The molecule has 31 heavy (non-hydrogen) atoms. The van der Waals surface area contributed by atoms with E-state index < -0.39 is 36.1 Å². The number of hydrogen-bond donors (Lipinski definition) is 1. The van der Waals surface area contributed by atoms with E-state index in [1.54, 1.807) is 31.3 Å². The summed E-state index contributed by atoms with van der Waals surface area (Å²) in [6.07, 6.45) is 2.86. The van der Waals surface area contributed by atoms with Gasteiger partial charge >= 0.3 is 12.0 Å². The van der Waals surface area contributed by atoms with Gasteiger partial charge < -0.3 is 19.7 Å². The zero-order valence-electron chi connectivity index (χ0n) is 18.2. The predicted octanol–water partition coefficient (Wildman–Crippen LogP) is 2.55. The third-order valence-corrected chi connectivity index (χ3v) is 5.88. The average molecular weight is 431 g/mol. The molecule has 1 atom stereocenters. The fourth-order valence-corrected chi connectivity index (χ4v) is 4.13. The number of carbonyl (C=O) groups is 4. The number of ether oxygens (including phenoxy) is 2. The minimum atomic E-state index is -1.09. The standard InChI is InChI=1S/C22H29N3O6/c1-4-30-17-10-8-16(9-11-17)23-19(27)15(2)31-18(26)14-25-20(28)22(24(3)21(25)29)12-6-5-7-13-22/h8-11,15H,4-7,12-14H2,1-3H3,(H,23,27). The van der Waals surface area contributed by atoms with Crippen LogP contribution in [0.25, 0.3) is 0 Å². The summed E-state index contributed by atoms with van der Waals surface area (Å²) in [4.78, 5) is 52.6. The van der Waals surface area contributed by atoms with Gasteiger partial charge in [-0.1, -0.05) is 19.3 Å². The van der Waals surface area contributed by atoms with Crippen molar-refractivity contribution in [2.45, 2.75) is 57.6 Å². The first-order valence-electron chi connectivity index (χ1n) is 10.6. The van der Waals surface area contributed by atoms with Gasteiger partial charge in [0.2, 0.25) is 0 Å². The molecule has 3 rings (SSSR count). The molecule has 9 nitrogen and oxygen atoms in total. The highest BCUT2D eigenvalue weighted by molar-refractivity contribution is 6.08. The molecule has 0 radical (unpaired) electrons. The largest absolute Gasteiger partial charge is 0.494 e. The quantitative estimate of drug-likeness (QED) is 0.525. The minimum Gasteiger partial charge on any atom is -0.494 e. The van der Waals surface area contributed by atoms with Crippen LogP contribution in [0.15, 0.2) is 24.3 Å². The lowest BCUT2D eigenvalue weighted by molar-refractivity contribution is -0.155. The van der Waals surface area contributed by atoms with Crippen LogP contribution in [-0.2, 0) is 19.1 Å². The van der Waals surface area contributed by atoms with E-state index >= 15 is 0 Å². The molecule has 1 aliphatic carbocycles. The Balaban J connectivity index is 1.55. The Hall–Kier alpha value is -3.10. The molecule has 1 aromatic rings. The maximum absolute atomic E-state index is 12.9. The number of esters is 1. The number of rotatable bonds is 7. The highest BCUT2D eigenvalue weighted by atomic mass is 16.5. The van der Waals surface area contributed by atoms with Crippen molar-refractivity contribution in [3.05, 3.63) is 24.3 Å². The number of nitrogens with one attached hydrogen (secondary N) is 1. The lowest BCUT2D eigenvalue weighted by atomic mass is 9.81. The van der Waals surface area contributed by atoms with Crippen molar-refractivity contribution in [3.8, 4) is 5.75 Å². The van der Waals surface area contributed by atoms with E-state index in [9.17, 15) is 19.2 Å². The van der Waals surface area contributed by atoms with Gasteiger partial charge in [-0.2, -0.15) is 0 Å². The minimum absolute atomic E-state index is 0.358. The highest BCUT2D eigenvalue weighted by Crippen LogP contribution is 2.39. The fraction of sp³-hybridized carbons (Fsp3) is 0.545. The first kappa shape index (κ1) is 22.6. The summed E-state index contributed by atoms with van der Waals surface area (Å²) < 4.78 is 10.5. The summed E-state index contributed by atoms with van der Waals surface area (Å²) in [5, 5.41) is 2.65. The van der Waals surface area contributed by atoms with Crippen LogP contribution in [-0.4, -0.2) is 65.5 Å². The molecule has 2 aliphatic rings. The van der Waals surface area contributed by atoms with Crippen molar-refractivity contribution in [2.24, 2.45) is 0 Å². The van der Waals surface area contributed by atoms with Gasteiger partial charge in [0, 0.05) is 12.7 Å². The number of benzene rings is 1. The molecule has 168 valence electrons. The molecule has 1 aliphatic heterocycles. The molecular weight excluding hydrogens is 402 g/mol. The van der Waals surface area contributed by atoms with Crippen molar-refractivity contribution in [2.75, 3.05) is 25.5 Å². The first-order valence-corrected chi connectivity index (χ1v) is 10.6. The topological polar surface area (TPSA) is 105 Å². The van der Waals surface area contributed by atoms with Crippen molar-refractivity contribution >= 4 is 29.5 Å². The summed E-state index contributed by atoms with van der Waals surface area (Å²) in [5.41, 5.74) is -0.325. The lowest BCUT2D eigenvalue weighted by Crippen LogP contribution is -2.49. The van der Waals surface area contributed by atoms with Crippen LogP contribution in [0.5, 0.6) is 5.75 Å². The van der Waals surface area contributed by atoms with E-state index in [2.05, 4.69) is 5.32 Å². The van der Waals surface area contributed by atoms with E-state index in [1.807, 2.05) is 6.92 Å². The molecule has 0 aromatic heterocycles. The van der Waals surface area contributed by atoms with Crippen LogP contribution >= 0.6 is 0 Å². The van der Waals surface area contributed by atoms with Crippen LogP contribution in [0.1, 0.15) is 46.0 Å². The maximum Gasteiger partial charge on any atom is 0.327 e. The van der Waals surface area contributed by atoms with E-state index in [1.165, 1.54) is 11.8 Å². The molecule has 2 fully saturated rings. The van der Waals surface area contributed by atoms with Crippen LogP contribution < -0.4 is 10.1 Å². The van der Waals surface area contributed by atoms with E-state index in [-0.39, 0.29) is 5.91 Å². The van der Waals surface area contributed by atoms with E-state index in [0.717, 1.165) is 24.2 Å². The molecule has 9 heteroatoms. The number of urea groups is 1. The number of anilines is 1. The Kier molecular flexibility index (Phi) is 6.82. The summed E-state index contributed by atoms with van der Waals surface area (Å²) in [6.45, 7) is 3.34. The molecule has 1 heterocycles. The SMILES string of the molecule is CCOc1ccc(NC(=O)C(C)OC(=O)CN2C(=O)N(C)C3(CCCCC3)C2=O)cc1. The van der Waals surface area contributed by atoms with Gasteiger partial charge in [0.1, 0.15) is 17.8 Å². The number of imide groups is 1. The van der Waals surface area contributed by atoms with Crippen molar-refractivity contribution in [1.82, 2.24) is 9.80 Å². The van der Waals surface area contributed by atoms with Gasteiger partial charge in [-0.05, 0) is 51.0 Å². The molecule has 1 saturated heterocycles. The van der Waals surface area contributed by atoms with Gasteiger partial charge in [-0.25, -0.2) is 4.79 Å². The van der Waals surface area contributed by atoms with E-state index in [4.69, 9.17) is 9.47 Å². The fourth-order valence-electron chi connectivity index (χ4n) is 4.13. The number of likely N-dealkylation sites (N-methyl/N-ethyl adjacent to an activating group) is 1. The summed E-state index contributed by atoms with van der Waals surface area (Å²) in [6, 6.07) is 6.29. The molecule has 1 saturated carbocycles. The second-order valence-electron chi connectivity index (χ2n) is 7.90. The van der Waals surface area contributed by atoms with Crippen LogP contribution in [0, 0.1) is 0 Å². The smallest absolute Gasteiger partial charge is 0.327 e. The number of amides is 4. The number of carbonyl (C=O) groups excluding carboxylic acids is 4. The monoisotopic (exact) mass is 431 g/mol. The zero-order chi connectivity index (χ0) is 22.6. The van der Waals surface area contributed by atoms with Crippen molar-refractivity contribution < 1.29 is 28.7 Å². The maximum atomic E-state index is 12.9. The lowest BCUT2D eigenvalue weighted by Gasteiger charge is -2.35. The second-order valence-corrected chi connectivity index (χ2v) is 7.90. The molecular formula is C22H29N3O6. The first-order chi connectivity index (χ1) is 14.8. The Labute approximate surface area is 181 Å². The molecule has 1 spiro atoms. The molecule has 1 unspecified atom stereocenters. The zero-order valence-corrected chi connectivity index (χ0v) is 18.2. The highest BCUT2D eigenvalue weighted by Gasteiger charge is 2.56. The van der Waals surface area contributed by atoms with Crippen LogP contribution in [0.2, 0.25) is 0 Å². The van der Waals surface area contributed by atoms with Gasteiger partial charge in [0.15, 0.2) is 6.10 Å². The van der Waals surface area contributed by atoms with Crippen molar-refractivity contribution in [3.63, 3.8) is 0 Å².